The number of phenolic OH excluding ortho intramolecular Hbond substituents is 1. The van der Waals surface area contributed by atoms with Gasteiger partial charge >= 0.3 is 0 Å². The van der Waals surface area contributed by atoms with E-state index in [0.717, 1.165) is 16.2 Å². The van der Waals surface area contributed by atoms with Crippen LogP contribution in [0.3, 0.4) is 0 Å². The fraction of sp³-hybridized carbons (Fsp3) is 0.0714. The van der Waals surface area contributed by atoms with E-state index >= 15 is 0 Å². The molecule has 90 valence electrons. The molecule has 0 bridgehead atoms. The fourth-order valence-electron chi connectivity index (χ4n) is 1.84. The molecular weight excluding hydrogens is 244 g/mol. The molecule has 0 fully saturated rings. The van der Waals surface area contributed by atoms with Crippen LogP contribution in [-0.2, 0) is 0 Å². The normalized spacial score (nSPS) is 18.2. The Morgan fingerprint density at radius 2 is 1.72 bits per heavy atom. The van der Waals surface area contributed by atoms with Crippen LogP contribution in [0.25, 0.3) is 0 Å². The van der Waals surface area contributed by atoms with Crippen molar-refractivity contribution in [3.8, 4) is 5.75 Å². The van der Waals surface area contributed by atoms with Crippen LogP contribution >= 0.6 is 11.8 Å². The van der Waals surface area contributed by atoms with Crippen molar-refractivity contribution in [2.24, 2.45) is 5.10 Å². The van der Waals surface area contributed by atoms with E-state index in [1.807, 2.05) is 48.5 Å². The number of rotatable bonds is 2. The van der Waals surface area contributed by atoms with Crippen molar-refractivity contribution in [2.75, 3.05) is 0 Å². The van der Waals surface area contributed by atoms with Gasteiger partial charge in [0.1, 0.15) is 16.2 Å². The molecule has 0 spiro atoms. The number of thioether (sulfide) groups is 1. The number of nitrogens with zero attached hydrogens (tertiary/aromatic N) is 1. The molecule has 0 aliphatic carbocycles. The predicted molar refractivity (Wildman–Crippen MR) is 74.6 cm³/mol. The maximum Gasteiger partial charge on any atom is 0.126 e. The Kier molecular flexibility index (Phi) is 2.94. The maximum atomic E-state index is 9.82. The molecule has 1 atom stereocenters. The van der Waals surface area contributed by atoms with Gasteiger partial charge < -0.3 is 5.11 Å². The molecule has 0 unspecified atom stereocenters. The highest BCUT2D eigenvalue weighted by Gasteiger charge is 2.23. The molecule has 3 nitrogen and oxygen atoms in total. The first-order valence-electron chi connectivity index (χ1n) is 5.68. The first kappa shape index (κ1) is 11.2. The van der Waals surface area contributed by atoms with Crippen LogP contribution in [0.15, 0.2) is 59.7 Å². The first-order valence-corrected chi connectivity index (χ1v) is 6.56. The predicted octanol–water partition coefficient (Wildman–Crippen LogP) is 3.09. The standard InChI is InChI=1S/C14H12N2OS/c17-12-9-5-4-8-11(12)14-16-15-13(18-14)10-6-2-1-3-7-10/h1-9,14,16-17H/t14-/m1/s1. The molecule has 2 aromatic rings. The summed E-state index contributed by atoms with van der Waals surface area (Å²) in [6.07, 6.45) is 0. The summed E-state index contributed by atoms with van der Waals surface area (Å²) in [5.41, 5.74) is 5.00. The molecule has 1 aliphatic heterocycles. The number of benzene rings is 2. The smallest absolute Gasteiger partial charge is 0.126 e. The number of hydrogen-bond acceptors (Lipinski definition) is 4. The zero-order valence-electron chi connectivity index (χ0n) is 9.58. The van der Waals surface area contributed by atoms with E-state index < -0.39 is 0 Å². The first-order chi connectivity index (χ1) is 8.84. The molecule has 0 saturated heterocycles. The lowest BCUT2D eigenvalue weighted by molar-refractivity contribution is 0.465. The SMILES string of the molecule is Oc1ccccc1[C@@H]1NN=C(c2ccccc2)S1. The van der Waals surface area contributed by atoms with Crippen molar-refractivity contribution in [1.29, 1.82) is 0 Å². The van der Waals surface area contributed by atoms with Gasteiger partial charge in [0.25, 0.3) is 0 Å². The van der Waals surface area contributed by atoms with Crippen LogP contribution in [-0.4, -0.2) is 10.2 Å². The van der Waals surface area contributed by atoms with Crippen molar-refractivity contribution in [1.82, 2.24) is 5.43 Å². The highest BCUT2D eigenvalue weighted by molar-refractivity contribution is 8.14. The summed E-state index contributed by atoms with van der Waals surface area (Å²) in [5, 5.41) is 15.1. The minimum absolute atomic E-state index is 0.0265. The van der Waals surface area contributed by atoms with Crippen molar-refractivity contribution in [3.05, 3.63) is 65.7 Å². The van der Waals surface area contributed by atoms with Crippen LogP contribution in [0.5, 0.6) is 5.75 Å². The zero-order chi connectivity index (χ0) is 12.4. The number of aromatic hydroxyl groups is 1. The lowest BCUT2D eigenvalue weighted by Crippen LogP contribution is -2.06. The lowest BCUT2D eigenvalue weighted by atomic mass is 10.2. The fourth-order valence-corrected chi connectivity index (χ4v) is 2.87. The van der Waals surface area contributed by atoms with E-state index in [2.05, 4.69) is 10.5 Å². The summed E-state index contributed by atoms with van der Waals surface area (Å²) in [7, 11) is 0. The van der Waals surface area contributed by atoms with Gasteiger partial charge in [-0.1, -0.05) is 60.3 Å². The summed E-state index contributed by atoms with van der Waals surface area (Å²) in [6, 6.07) is 17.4. The van der Waals surface area contributed by atoms with Crippen molar-refractivity contribution < 1.29 is 5.11 Å². The van der Waals surface area contributed by atoms with Gasteiger partial charge in [-0.2, -0.15) is 5.10 Å². The summed E-state index contributed by atoms with van der Waals surface area (Å²) in [5.74, 6) is 0.298. The van der Waals surface area contributed by atoms with E-state index in [0.29, 0.717) is 5.75 Å². The Morgan fingerprint density at radius 1 is 1.00 bits per heavy atom. The van der Waals surface area contributed by atoms with Gasteiger partial charge in [-0.25, -0.2) is 0 Å². The van der Waals surface area contributed by atoms with E-state index in [9.17, 15) is 5.11 Å². The Balaban J connectivity index is 1.81. The highest BCUT2D eigenvalue weighted by atomic mass is 32.2. The molecular formula is C14H12N2OS. The molecule has 1 heterocycles. The summed E-state index contributed by atoms with van der Waals surface area (Å²) in [6.45, 7) is 0. The topological polar surface area (TPSA) is 44.6 Å². The average Bonchev–Trinajstić information content (AvgIpc) is 2.90. The van der Waals surface area contributed by atoms with Crippen molar-refractivity contribution >= 4 is 16.8 Å². The van der Waals surface area contributed by atoms with Crippen LogP contribution < -0.4 is 5.43 Å². The Hall–Kier alpha value is -1.94. The zero-order valence-corrected chi connectivity index (χ0v) is 10.4. The van der Waals surface area contributed by atoms with Gasteiger partial charge in [-0.3, -0.25) is 5.43 Å². The minimum atomic E-state index is -0.0265. The number of hydrazone groups is 1. The average molecular weight is 256 g/mol. The van der Waals surface area contributed by atoms with Gasteiger partial charge in [0.2, 0.25) is 0 Å². The quantitative estimate of drug-likeness (QED) is 0.868. The van der Waals surface area contributed by atoms with Gasteiger partial charge in [0.05, 0.1) is 0 Å². The molecule has 0 radical (unpaired) electrons. The molecule has 0 saturated carbocycles. The second kappa shape index (κ2) is 4.74. The third-order valence-electron chi connectivity index (χ3n) is 2.75. The minimum Gasteiger partial charge on any atom is -0.508 e. The van der Waals surface area contributed by atoms with Crippen molar-refractivity contribution in [2.45, 2.75) is 5.37 Å². The lowest BCUT2D eigenvalue weighted by Gasteiger charge is -2.10. The van der Waals surface area contributed by atoms with Crippen LogP contribution in [0.4, 0.5) is 0 Å². The van der Waals surface area contributed by atoms with Crippen LogP contribution in [0, 0.1) is 0 Å². The molecule has 4 heteroatoms. The van der Waals surface area contributed by atoms with E-state index in [-0.39, 0.29) is 5.37 Å². The summed E-state index contributed by atoms with van der Waals surface area (Å²) < 4.78 is 0. The number of para-hydroxylation sites is 1. The second-order valence-corrected chi connectivity index (χ2v) is 5.06. The third-order valence-corrected chi connectivity index (χ3v) is 3.90. The number of hydrogen-bond donors (Lipinski definition) is 2. The highest BCUT2D eigenvalue weighted by Crippen LogP contribution is 2.37. The van der Waals surface area contributed by atoms with Gasteiger partial charge in [-0.05, 0) is 6.07 Å². The number of nitrogens with one attached hydrogen (secondary N) is 1. The van der Waals surface area contributed by atoms with Crippen LogP contribution in [0.1, 0.15) is 16.5 Å². The van der Waals surface area contributed by atoms with Gasteiger partial charge in [0, 0.05) is 11.1 Å². The molecule has 3 rings (SSSR count). The molecule has 18 heavy (non-hydrogen) atoms. The van der Waals surface area contributed by atoms with Crippen LogP contribution in [0.2, 0.25) is 0 Å². The Labute approximate surface area is 110 Å². The molecule has 1 aliphatic rings. The van der Waals surface area contributed by atoms with Gasteiger partial charge in [0.15, 0.2) is 0 Å². The Morgan fingerprint density at radius 3 is 2.50 bits per heavy atom. The Bertz CT molecular complexity index is 583. The molecule has 0 amide bonds. The third kappa shape index (κ3) is 2.07. The van der Waals surface area contributed by atoms with E-state index in [4.69, 9.17) is 0 Å². The van der Waals surface area contributed by atoms with E-state index in [1.165, 1.54) is 0 Å². The van der Waals surface area contributed by atoms with E-state index in [1.54, 1.807) is 17.8 Å². The second-order valence-electron chi connectivity index (χ2n) is 3.97. The summed E-state index contributed by atoms with van der Waals surface area (Å²) in [4.78, 5) is 0. The summed E-state index contributed by atoms with van der Waals surface area (Å²) >= 11 is 1.61. The van der Waals surface area contributed by atoms with Crippen molar-refractivity contribution in [3.63, 3.8) is 0 Å². The molecule has 2 N–H and O–H groups in total. The maximum absolute atomic E-state index is 9.82. The monoisotopic (exact) mass is 256 g/mol. The molecule has 2 aromatic carbocycles. The largest absolute Gasteiger partial charge is 0.508 e. The number of phenols is 1. The van der Waals surface area contributed by atoms with Gasteiger partial charge in [-0.15, -0.1) is 0 Å². The molecule has 0 aromatic heterocycles.